The maximum absolute atomic E-state index is 12.5. The molecule has 1 heterocycles. The number of hydrogen-bond acceptors (Lipinski definition) is 2. The van der Waals surface area contributed by atoms with E-state index in [0.29, 0.717) is 11.3 Å². The van der Waals surface area contributed by atoms with Crippen LogP contribution >= 0.6 is 0 Å². The molecule has 1 aromatic heterocycles. The number of hydrogen-bond donors (Lipinski definition) is 3. The number of benzene rings is 1. The number of rotatable bonds is 3. The van der Waals surface area contributed by atoms with Gasteiger partial charge in [0.1, 0.15) is 5.69 Å². The molecule has 0 atom stereocenters. The van der Waals surface area contributed by atoms with Gasteiger partial charge in [0, 0.05) is 18.4 Å². The van der Waals surface area contributed by atoms with Crippen molar-refractivity contribution in [1.29, 1.82) is 0 Å². The summed E-state index contributed by atoms with van der Waals surface area (Å²) < 4.78 is 37.6. The SMILES string of the molecule is Nc1c[nH]c(C(=O)NCc2cccc(C(F)(F)F)c2)c1. The molecule has 0 saturated carbocycles. The molecule has 0 spiro atoms. The molecule has 1 aromatic carbocycles. The predicted molar refractivity (Wildman–Crippen MR) is 67.8 cm³/mol. The number of halogens is 3. The average Bonchev–Trinajstić information content (AvgIpc) is 2.82. The minimum atomic E-state index is -4.39. The minimum absolute atomic E-state index is 0.00166. The first-order valence-electron chi connectivity index (χ1n) is 5.74. The van der Waals surface area contributed by atoms with Crippen LogP contribution in [0.15, 0.2) is 36.5 Å². The number of H-pyrrole nitrogens is 1. The van der Waals surface area contributed by atoms with Gasteiger partial charge in [-0.2, -0.15) is 13.2 Å². The highest BCUT2D eigenvalue weighted by Gasteiger charge is 2.30. The molecule has 2 aromatic rings. The van der Waals surface area contributed by atoms with Gasteiger partial charge in [-0.05, 0) is 23.8 Å². The molecular formula is C13H12F3N3O. The largest absolute Gasteiger partial charge is 0.416 e. The third kappa shape index (κ3) is 3.31. The molecule has 1 amide bonds. The van der Waals surface area contributed by atoms with E-state index in [0.717, 1.165) is 12.1 Å². The van der Waals surface area contributed by atoms with Gasteiger partial charge in [0.25, 0.3) is 5.91 Å². The van der Waals surface area contributed by atoms with E-state index in [4.69, 9.17) is 5.73 Å². The fourth-order valence-corrected chi connectivity index (χ4v) is 1.68. The third-order valence-corrected chi connectivity index (χ3v) is 2.66. The molecule has 2 rings (SSSR count). The van der Waals surface area contributed by atoms with Crippen LogP contribution in [0.5, 0.6) is 0 Å². The molecule has 0 aliphatic heterocycles. The van der Waals surface area contributed by atoms with Crippen LogP contribution in [-0.2, 0) is 12.7 Å². The van der Waals surface area contributed by atoms with Crippen LogP contribution in [0, 0.1) is 0 Å². The van der Waals surface area contributed by atoms with Crippen molar-refractivity contribution in [1.82, 2.24) is 10.3 Å². The second-order valence-corrected chi connectivity index (χ2v) is 4.23. The molecule has 4 nitrogen and oxygen atoms in total. The van der Waals surface area contributed by atoms with Crippen molar-refractivity contribution in [2.45, 2.75) is 12.7 Å². The van der Waals surface area contributed by atoms with Gasteiger partial charge in [-0.3, -0.25) is 4.79 Å². The summed E-state index contributed by atoms with van der Waals surface area (Å²) in [6.45, 7) is 0.00166. The van der Waals surface area contributed by atoms with Crippen LogP contribution in [0.4, 0.5) is 18.9 Å². The summed E-state index contributed by atoms with van der Waals surface area (Å²) in [6, 6.07) is 6.25. The maximum atomic E-state index is 12.5. The zero-order valence-corrected chi connectivity index (χ0v) is 10.3. The Morgan fingerprint density at radius 2 is 2.05 bits per heavy atom. The first kappa shape index (κ1) is 14.0. The molecule has 4 N–H and O–H groups in total. The van der Waals surface area contributed by atoms with Gasteiger partial charge in [0.15, 0.2) is 0 Å². The molecule has 0 unspecified atom stereocenters. The molecule has 0 saturated heterocycles. The van der Waals surface area contributed by atoms with E-state index < -0.39 is 17.6 Å². The highest BCUT2D eigenvalue weighted by Crippen LogP contribution is 2.29. The lowest BCUT2D eigenvalue weighted by Crippen LogP contribution is -2.23. The second kappa shape index (κ2) is 5.28. The molecule has 7 heteroatoms. The third-order valence-electron chi connectivity index (χ3n) is 2.66. The lowest BCUT2D eigenvalue weighted by molar-refractivity contribution is -0.137. The molecule has 0 aliphatic rings. The van der Waals surface area contributed by atoms with Crippen molar-refractivity contribution in [3.63, 3.8) is 0 Å². The number of nitrogens with two attached hydrogens (primary N) is 1. The highest BCUT2D eigenvalue weighted by molar-refractivity contribution is 5.93. The Morgan fingerprint density at radius 3 is 2.65 bits per heavy atom. The maximum Gasteiger partial charge on any atom is 0.416 e. The van der Waals surface area contributed by atoms with Gasteiger partial charge in [-0.15, -0.1) is 0 Å². The van der Waals surface area contributed by atoms with Crippen molar-refractivity contribution in [2.24, 2.45) is 0 Å². The summed E-state index contributed by atoms with van der Waals surface area (Å²) >= 11 is 0. The van der Waals surface area contributed by atoms with Crippen molar-refractivity contribution < 1.29 is 18.0 Å². The number of nitrogens with one attached hydrogen (secondary N) is 2. The van der Waals surface area contributed by atoms with Crippen LogP contribution < -0.4 is 11.1 Å². The molecule has 106 valence electrons. The summed E-state index contributed by atoms with van der Waals surface area (Å²) in [7, 11) is 0. The summed E-state index contributed by atoms with van der Waals surface area (Å²) in [4.78, 5) is 14.4. The standard InChI is InChI=1S/C13H12F3N3O/c14-13(15,16)9-3-1-2-8(4-9)6-19-12(20)11-5-10(17)7-18-11/h1-5,7,18H,6,17H2,(H,19,20). The van der Waals surface area contributed by atoms with Crippen molar-refractivity contribution in [3.8, 4) is 0 Å². The normalized spacial score (nSPS) is 11.3. The van der Waals surface area contributed by atoms with Crippen LogP contribution in [0.25, 0.3) is 0 Å². The monoisotopic (exact) mass is 283 g/mol. The van der Waals surface area contributed by atoms with Gasteiger partial charge in [0.2, 0.25) is 0 Å². The van der Waals surface area contributed by atoms with E-state index in [9.17, 15) is 18.0 Å². The zero-order chi connectivity index (χ0) is 14.8. The van der Waals surface area contributed by atoms with Crippen LogP contribution in [0.2, 0.25) is 0 Å². The summed E-state index contributed by atoms with van der Waals surface area (Å²) in [5.74, 6) is -0.431. The lowest BCUT2D eigenvalue weighted by atomic mass is 10.1. The Morgan fingerprint density at radius 1 is 1.30 bits per heavy atom. The van der Waals surface area contributed by atoms with E-state index in [1.54, 1.807) is 0 Å². The van der Waals surface area contributed by atoms with E-state index in [1.165, 1.54) is 24.4 Å². The Labute approximate surface area is 112 Å². The molecular weight excluding hydrogens is 271 g/mol. The highest BCUT2D eigenvalue weighted by atomic mass is 19.4. The Kier molecular flexibility index (Phi) is 3.69. The zero-order valence-electron chi connectivity index (χ0n) is 10.3. The fraction of sp³-hybridized carbons (Fsp3) is 0.154. The number of alkyl halides is 3. The van der Waals surface area contributed by atoms with Crippen molar-refractivity contribution >= 4 is 11.6 Å². The van der Waals surface area contributed by atoms with Gasteiger partial charge in [-0.25, -0.2) is 0 Å². The van der Waals surface area contributed by atoms with Gasteiger partial charge in [0.05, 0.1) is 5.56 Å². The number of amides is 1. The molecule has 0 bridgehead atoms. The Balaban J connectivity index is 2.02. The quantitative estimate of drug-likeness (QED) is 0.810. The van der Waals surface area contributed by atoms with Gasteiger partial charge >= 0.3 is 6.18 Å². The van der Waals surface area contributed by atoms with Crippen LogP contribution in [0.1, 0.15) is 21.6 Å². The predicted octanol–water partition coefficient (Wildman–Crippen LogP) is 2.55. The lowest BCUT2D eigenvalue weighted by Gasteiger charge is -2.09. The topological polar surface area (TPSA) is 70.9 Å². The van der Waals surface area contributed by atoms with Crippen LogP contribution in [0.3, 0.4) is 0 Å². The fourth-order valence-electron chi connectivity index (χ4n) is 1.68. The smallest absolute Gasteiger partial charge is 0.397 e. The van der Waals surface area contributed by atoms with Crippen molar-refractivity contribution in [2.75, 3.05) is 5.73 Å². The number of nitrogen functional groups attached to an aromatic ring is 1. The Bertz CT molecular complexity index is 619. The van der Waals surface area contributed by atoms with E-state index >= 15 is 0 Å². The van der Waals surface area contributed by atoms with E-state index in [1.807, 2.05) is 0 Å². The molecule has 20 heavy (non-hydrogen) atoms. The number of anilines is 1. The summed E-state index contributed by atoms with van der Waals surface area (Å²) in [5, 5.41) is 2.51. The van der Waals surface area contributed by atoms with Gasteiger partial charge in [-0.1, -0.05) is 12.1 Å². The summed E-state index contributed by atoms with van der Waals surface area (Å²) in [6.07, 6.45) is -2.94. The number of carbonyl (C=O) groups excluding carboxylic acids is 1. The number of carbonyl (C=O) groups is 1. The van der Waals surface area contributed by atoms with Crippen molar-refractivity contribution in [3.05, 3.63) is 53.3 Å². The summed E-state index contributed by atoms with van der Waals surface area (Å²) in [5.41, 5.74) is 5.75. The Hall–Kier alpha value is -2.44. The van der Waals surface area contributed by atoms with E-state index in [-0.39, 0.29) is 12.2 Å². The number of aromatic nitrogens is 1. The van der Waals surface area contributed by atoms with Gasteiger partial charge < -0.3 is 16.0 Å². The van der Waals surface area contributed by atoms with E-state index in [2.05, 4.69) is 10.3 Å². The second-order valence-electron chi connectivity index (χ2n) is 4.23. The molecule has 0 fully saturated rings. The number of aromatic amines is 1. The first-order valence-corrected chi connectivity index (χ1v) is 5.74. The first-order chi connectivity index (χ1) is 9.36. The van der Waals surface area contributed by atoms with Crippen LogP contribution in [-0.4, -0.2) is 10.9 Å². The molecule has 0 aliphatic carbocycles. The minimum Gasteiger partial charge on any atom is -0.397 e. The molecule has 0 radical (unpaired) electrons. The average molecular weight is 283 g/mol.